The molecule has 2 unspecified atom stereocenters. The van der Waals surface area contributed by atoms with E-state index in [4.69, 9.17) is 11.6 Å². The van der Waals surface area contributed by atoms with Crippen LogP contribution in [-0.4, -0.2) is 30.4 Å². The number of aromatic nitrogens is 4. The fourth-order valence-electron chi connectivity index (χ4n) is 7.64. The van der Waals surface area contributed by atoms with Crippen LogP contribution in [0.25, 0.3) is 0 Å². The molecule has 4 saturated carbocycles. The van der Waals surface area contributed by atoms with Gasteiger partial charge >= 0.3 is 5.69 Å². The van der Waals surface area contributed by atoms with Crippen molar-refractivity contribution in [2.75, 3.05) is 5.32 Å². The van der Waals surface area contributed by atoms with Crippen molar-refractivity contribution in [1.29, 1.82) is 0 Å². The lowest BCUT2D eigenvalue weighted by Crippen LogP contribution is -2.57. The number of nitrogens with one attached hydrogen (secondary N) is 1. The Balaban J connectivity index is 1.18. The van der Waals surface area contributed by atoms with Crippen LogP contribution in [0.2, 0.25) is 5.02 Å². The molecular weight excluding hydrogens is 499 g/mol. The van der Waals surface area contributed by atoms with Gasteiger partial charge in [0.2, 0.25) is 5.91 Å². The molecule has 1 aromatic carbocycles. The molecule has 1 N–H and O–H groups in total. The van der Waals surface area contributed by atoms with Gasteiger partial charge in [-0.05, 0) is 74.8 Å². The molecule has 4 bridgehead atoms. The van der Waals surface area contributed by atoms with Crippen LogP contribution in [0.5, 0.6) is 0 Å². The predicted octanol–water partition coefficient (Wildman–Crippen LogP) is 5.46. The summed E-state index contributed by atoms with van der Waals surface area (Å²) in [6.07, 6.45) is 9.07. The molecule has 0 spiro atoms. The second kappa shape index (κ2) is 8.65. The Kier molecular flexibility index (Phi) is 5.63. The summed E-state index contributed by atoms with van der Waals surface area (Å²) in [7, 11) is 0. The lowest BCUT2D eigenvalue weighted by Gasteiger charge is -2.61. The maximum Gasteiger partial charge on any atom is 0.307 e. The Morgan fingerprint density at radius 2 is 2.05 bits per heavy atom. The molecule has 0 saturated heterocycles. The van der Waals surface area contributed by atoms with Gasteiger partial charge in [-0.2, -0.15) is 10.2 Å². The van der Waals surface area contributed by atoms with Crippen LogP contribution in [0.4, 0.5) is 15.9 Å². The van der Waals surface area contributed by atoms with E-state index < -0.39 is 10.7 Å². The minimum atomic E-state index is -0.408. The summed E-state index contributed by atoms with van der Waals surface area (Å²) < 4.78 is 17.7. The first-order valence-corrected chi connectivity index (χ1v) is 13.0. The summed E-state index contributed by atoms with van der Waals surface area (Å²) in [5.41, 5.74) is 0.711. The van der Waals surface area contributed by atoms with Crippen molar-refractivity contribution < 1.29 is 14.1 Å². The van der Waals surface area contributed by atoms with Crippen molar-refractivity contribution in [3.05, 3.63) is 68.9 Å². The van der Waals surface area contributed by atoms with Gasteiger partial charge in [0.05, 0.1) is 17.0 Å². The maximum absolute atomic E-state index is 14.3. The molecule has 2 atom stereocenters. The Labute approximate surface area is 218 Å². The number of halogens is 2. The summed E-state index contributed by atoms with van der Waals surface area (Å²) in [4.78, 5) is 24.1. The van der Waals surface area contributed by atoms with Crippen LogP contribution in [0.15, 0.2) is 36.7 Å². The summed E-state index contributed by atoms with van der Waals surface area (Å²) in [5.74, 6) is 0.911. The van der Waals surface area contributed by atoms with E-state index in [0.717, 1.165) is 44.2 Å². The first kappa shape index (κ1) is 24.1. The van der Waals surface area contributed by atoms with Crippen LogP contribution >= 0.6 is 11.6 Å². The number of aryl methyl sites for hydroxylation is 1. The van der Waals surface area contributed by atoms with Gasteiger partial charge in [0, 0.05) is 28.8 Å². The van der Waals surface area contributed by atoms with E-state index in [-0.39, 0.29) is 29.1 Å². The van der Waals surface area contributed by atoms with Gasteiger partial charge < -0.3 is 5.32 Å². The Hall–Kier alpha value is -3.27. The number of nitro groups is 1. The number of benzene rings is 1. The third-order valence-electron chi connectivity index (χ3n) is 8.57. The number of nitrogens with zero attached hydrogens (tertiary/aromatic N) is 5. The minimum absolute atomic E-state index is 0.00478. The van der Waals surface area contributed by atoms with E-state index in [1.165, 1.54) is 12.3 Å². The lowest BCUT2D eigenvalue weighted by atomic mass is 9.46. The van der Waals surface area contributed by atoms with Crippen LogP contribution in [0.1, 0.15) is 56.2 Å². The molecule has 2 heterocycles. The van der Waals surface area contributed by atoms with E-state index in [1.54, 1.807) is 29.1 Å². The number of anilines is 1. The van der Waals surface area contributed by atoms with Crippen LogP contribution < -0.4 is 5.32 Å². The van der Waals surface area contributed by atoms with Crippen molar-refractivity contribution in [1.82, 2.24) is 19.6 Å². The SMILES string of the molecule is Cc1cc(NC(=O)CC23CC4CC(C2)CC(n2cc([N+](=O)[O-])cn2)(C4)C3)nn1Cc1c(F)cccc1Cl. The fourth-order valence-corrected chi connectivity index (χ4v) is 7.86. The molecule has 4 fully saturated rings. The zero-order valence-electron chi connectivity index (χ0n) is 20.5. The number of rotatable bonds is 7. The number of hydrogen-bond donors (Lipinski definition) is 1. The molecule has 37 heavy (non-hydrogen) atoms. The Morgan fingerprint density at radius 3 is 2.73 bits per heavy atom. The number of hydrogen-bond acceptors (Lipinski definition) is 5. The molecular formula is C26H28ClFN6O3. The molecule has 0 radical (unpaired) electrons. The topological polar surface area (TPSA) is 108 Å². The molecule has 1 amide bonds. The van der Waals surface area contributed by atoms with Crippen molar-refractivity contribution >= 4 is 29.0 Å². The molecule has 11 heteroatoms. The Bertz CT molecular complexity index is 1370. The van der Waals surface area contributed by atoms with Gasteiger partial charge in [-0.25, -0.2) is 4.39 Å². The van der Waals surface area contributed by atoms with Crippen molar-refractivity contribution in [2.24, 2.45) is 17.3 Å². The zero-order valence-corrected chi connectivity index (χ0v) is 21.2. The average molecular weight is 527 g/mol. The Morgan fingerprint density at radius 1 is 1.30 bits per heavy atom. The monoisotopic (exact) mass is 526 g/mol. The van der Waals surface area contributed by atoms with E-state index in [2.05, 4.69) is 15.5 Å². The number of amides is 1. The standard InChI is InChI=1S/C26H28ClFN6O3/c1-16-5-23(31-32(16)14-20-21(27)3-2-4-22(20)28)30-24(35)11-25-7-17-6-18(8-25)10-26(9-17,15-25)33-13-19(12-29-33)34(36)37/h2-5,12-13,17-18H,6-11,14-15H2,1H3,(H,30,31,35). The minimum Gasteiger partial charge on any atom is -0.309 e. The molecule has 4 aliphatic carbocycles. The largest absolute Gasteiger partial charge is 0.309 e. The smallest absolute Gasteiger partial charge is 0.307 e. The van der Waals surface area contributed by atoms with E-state index in [9.17, 15) is 19.3 Å². The fraction of sp³-hybridized carbons (Fsp3) is 0.500. The predicted molar refractivity (Wildman–Crippen MR) is 135 cm³/mol. The average Bonchev–Trinajstić information content (AvgIpc) is 3.43. The summed E-state index contributed by atoms with van der Waals surface area (Å²) in [6.45, 7) is 2.02. The highest BCUT2D eigenvalue weighted by molar-refractivity contribution is 6.31. The maximum atomic E-state index is 14.3. The summed E-state index contributed by atoms with van der Waals surface area (Å²) >= 11 is 6.18. The van der Waals surface area contributed by atoms with E-state index in [1.807, 2.05) is 11.6 Å². The van der Waals surface area contributed by atoms with Crippen LogP contribution in [0, 0.1) is 40.1 Å². The second-order valence-corrected chi connectivity index (χ2v) is 11.7. The third-order valence-corrected chi connectivity index (χ3v) is 8.93. The molecule has 7 rings (SSSR count). The van der Waals surface area contributed by atoms with Gasteiger partial charge in [-0.15, -0.1) is 0 Å². The first-order chi connectivity index (χ1) is 17.6. The zero-order chi connectivity index (χ0) is 25.9. The molecule has 4 aliphatic rings. The number of carbonyl (C=O) groups is 1. The third kappa shape index (κ3) is 4.31. The van der Waals surface area contributed by atoms with E-state index in [0.29, 0.717) is 34.7 Å². The highest BCUT2D eigenvalue weighted by atomic mass is 35.5. The highest BCUT2D eigenvalue weighted by Crippen LogP contribution is 2.65. The van der Waals surface area contributed by atoms with Crippen molar-refractivity contribution in [2.45, 2.75) is 64.0 Å². The molecule has 194 valence electrons. The summed E-state index contributed by atoms with van der Waals surface area (Å²) in [6, 6.07) is 6.34. The van der Waals surface area contributed by atoms with Crippen LogP contribution in [0.3, 0.4) is 0 Å². The number of carbonyl (C=O) groups excluding carboxylic acids is 1. The van der Waals surface area contributed by atoms with Crippen molar-refractivity contribution in [3.63, 3.8) is 0 Å². The quantitative estimate of drug-likeness (QED) is 0.325. The molecule has 2 aromatic heterocycles. The second-order valence-electron chi connectivity index (χ2n) is 11.3. The highest BCUT2D eigenvalue weighted by Gasteiger charge is 2.59. The van der Waals surface area contributed by atoms with E-state index >= 15 is 0 Å². The van der Waals surface area contributed by atoms with Gasteiger partial charge in [-0.1, -0.05) is 17.7 Å². The molecule has 9 nitrogen and oxygen atoms in total. The van der Waals surface area contributed by atoms with Gasteiger partial charge in [0.1, 0.15) is 18.2 Å². The van der Waals surface area contributed by atoms with Gasteiger partial charge in [0.15, 0.2) is 5.82 Å². The first-order valence-electron chi connectivity index (χ1n) is 12.6. The lowest BCUT2D eigenvalue weighted by molar-refractivity contribution is -0.385. The van der Waals surface area contributed by atoms with Gasteiger partial charge in [0.25, 0.3) is 0 Å². The normalized spacial score (nSPS) is 28.0. The van der Waals surface area contributed by atoms with Gasteiger partial charge in [-0.3, -0.25) is 24.3 Å². The summed E-state index contributed by atoms with van der Waals surface area (Å²) in [5, 5.41) is 23.4. The molecule has 0 aliphatic heterocycles. The molecule has 3 aromatic rings. The van der Waals surface area contributed by atoms with Crippen molar-refractivity contribution in [3.8, 4) is 0 Å². The van der Waals surface area contributed by atoms with Crippen LogP contribution in [-0.2, 0) is 16.9 Å².